The Hall–Kier alpha value is -2.77. The molecule has 1 aromatic carbocycles. The largest absolute Gasteiger partial charge is 0.490 e. The Kier molecular flexibility index (Phi) is 9.60. The van der Waals surface area contributed by atoms with Gasteiger partial charge in [0.05, 0.1) is 6.61 Å². The van der Waals surface area contributed by atoms with E-state index in [0.717, 1.165) is 38.8 Å². The second-order valence-electron chi connectivity index (χ2n) is 9.43. The first-order valence-electron chi connectivity index (χ1n) is 12.6. The van der Waals surface area contributed by atoms with Crippen LogP contribution in [0, 0.1) is 5.92 Å². The van der Waals surface area contributed by atoms with Gasteiger partial charge in [-0.15, -0.1) is 0 Å². The van der Waals surface area contributed by atoms with Crippen LogP contribution in [-0.4, -0.2) is 84.9 Å². The highest BCUT2D eigenvalue weighted by Crippen LogP contribution is 2.29. The van der Waals surface area contributed by atoms with Gasteiger partial charge in [-0.25, -0.2) is 0 Å². The van der Waals surface area contributed by atoms with Gasteiger partial charge < -0.3 is 24.2 Å². The summed E-state index contributed by atoms with van der Waals surface area (Å²) >= 11 is 0. The van der Waals surface area contributed by atoms with E-state index in [0.29, 0.717) is 62.2 Å². The zero-order valence-corrected chi connectivity index (χ0v) is 20.9. The van der Waals surface area contributed by atoms with Gasteiger partial charge in [0.1, 0.15) is 0 Å². The minimum absolute atomic E-state index is 0.0249. The van der Waals surface area contributed by atoms with Gasteiger partial charge in [-0.3, -0.25) is 14.4 Å². The third kappa shape index (κ3) is 7.11. The predicted molar refractivity (Wildman–Crippen MR) is 130 cm³/mol. The molecule has 0 spiro atoms. The van der Waals surface area contributed by atoms with Gasteiger partial charge in [0, 0.05) is 51.3 Å². The maximum absolute atomic E-state index is 13.1. The highest BCUT2D eigenvalue weighted by atomic mass is 16.5. The fourth-order valence-corrected chi connectivity index (χ4v) is 4.31. The van der Waals surface area contributed by atoms with E-state index in [1.807, 2.05) is 16.7 Å². The lowest BCUT2D eigenvalue weighted by molar-refractivity contribution is -0.134. The molecular formula is C26H39N3O5. The topological polar surface area (TPSA) is 79.4 Å². The third-order valence-electron chi connectivity index (χ3n) is 6.41. The summed E-state index contributed by atoms with van der Waals surface area (Å²) in [6.45, 7) is 10.2. The van der Waals surface area contributed by atoms with Gasteiger partial charge in [-0.1, -0.05) is 13.8 Å². The van der Waals surface area contributed by atoms with Crippen LogP contribution in [-0.2, 0) is 9.59 Å². The van der Waals surface area contributed by atoms with Crippen molar-refractivity contribution in [2.45, 2.75) is 52.9 Å². The maximum Gasteiger partial charge on any atom is 0.260 e. The van der Waals surface area contributed by atoms with Crippen molar-refractivity contribution in [2.24, 2.45) is 5.92 Å². The molecule has 8 nitrogen and oxygen atoms in total. The summed E-state index contributed by atoms with van der Waals surface area (Å²) in [5, 5.41) is 0. The van der Waals surface area contributed by atoms with Gasteiger partial charge in [-0.2, -0.15) is 0 Å². The Bertz CT molecular complexity index is 843. The molecule has 0 bridgehead atoms. The van der Waals surface area contributed by atoms with E-state index in [1.165, 1.54) is 0 Å². The number of ether oxygens (including phenoxy) is 2. The molecule has 3 rings (SSSR count). The normalized spacial score (nSPS) is 16.5. The Morgan fingerprint density at radius 1 is 0.824 bits per heavy atom. The zero-order valence-electron chi connectivity index (χ0n) is 20.9. The summed E-state index contributed by atoms with van der Waals surface area (Å²) in [5.74, 6) is 1.47. The van der Waals surface area contributed by atoms with Crippen LogP contribution in [0.25, 0.3) is 0 Å². The van der Waals surface area contributed by atoms with E-state index in [-0.39, 0.29) is 24.3 Å². The lowest BCUT2D eigenvalue weighted by atomic mass is 10.1. The van der Waals surface area contributed by atoms with Crippen LogP contribution >= 0.6 is 0 Å². The average Bonchev–Trinajstić information content (AvgIpc) is 2.86. The molecule has 3 amide bonds. The highest BCUT2D eigenvalue weighted by molar-refractivity contribution is 5.95. The number of piperidine rings is 1. The van der Waals surface area contributed by atoms with E-state index in [1.54, 1.807) is 23.1 Å². The van der Waals surface area contributed by atoms with E-state index in [4.69, 9.17) is 9.47 Å². The molecule has 0 radical (unpaired) electrons. The molecule has 0 unspecified atom stereocenters. The minimum Gasteiger partial charge on any atom is -0.490 e. The van der Waals surface area contributed by atoms with Crippen molar-refractivity contribution < 1.29 is 23.9 Å². The van der Waals surface area contributed by atoms with Crippen molar-refractivity contribution in [3.8, 4) is 11.5 Å². The van der Waals surface area contributed by atoms with E-state index in [9.17, 15) is 14.4 Å². The quantitative estimate of drug-likeness (QED) is 0.550. The average molecular weight is 474 g/mol. The van der Waals surface area contributed by atoms with Crippen molar-refractivity contribution in [3.05, 3.63) is 23.8 Å². The highest BCUT2D eigenvalue weighted by Gasteiger charge is 2.26. The molecule has 2 fully saturated rings. The van der Waals surface area contributed by atoms with Crippen molar-refractivity contribution in [2.75, 3.05) is 52.5 Å². The van der Waals surface area contributed by atoms with Crippen molar-refractivity contribution in [1.82, 2.24) is 14.7 Å². The minimum atomic E-state index is -0.0915. The number of nitrogens with zero attached hydrogens (tertiary/aromatic N) is 3. The van der Waals surface area contributed by atoms with Gasteiger partial charge in [0.15, 0.2) is 18.1 Å². The molecule has 2 aliphatic rings. The Morgan fingerprint density at radius 3 is 2.12 bits per heavy atom. The van der Waals surface area contributed by atoms with Gasteiger partial charge in [0.2, 0.25) is 5.91 Å². The summed E-state index contributed by atoms with van der Waals surface area (Å²) < 4.78 is 11.5. The van der Waals surface area contributed by atoms with Gasteiger partial charge in [0.25, 0.3) is 11.8 Å². The number of rotatable bonds is 9. The molecule has 8 heteroatoms. The van der Waals surface area contributed by atoms with E-state index < -0.39 is 0 Å². The van der Waals surface area contributed by atoms with Gasteiger partial charge >= 0.3 is 0 Å². The molecule has 2 aliphatic heterocycles. The number of piperazine rings is 1. The summed E-state index contributed by atoms with van der Waals surface area (Å²) in [5.41, 5.74) is 0.512. The Labute approximate surface area is 203 Å². The van der Waals surface area contributed by atoms with Gasteiger partial charge in [-0.05, 0) is 56.7 Å². The molecule has 0 aliphatic carbocycles. The number of hydrogen-bond acceptors (Lipinski definition) is 5. The summed E-state index contributed by atoms with van der Waals surface area (Å²) in [6.07, 6.45) is 4.68. The van der Waals surface area contributed by atoms with Crippen LogP contribution < -0.4 is 9.47 Å². The number of carbonyl (C=O) groups excluding carboxylic acids is 3. The predicted octanol–water partition coefficient (Wildman–Crippen LogP) is 3.20. The number of benzene rings is 1. The number of carbonyl (C=O) groups is 3. The van der Waals surface area contributed by atoms with Crippen LogP contribution in [0.3, 0.4) is 0 Å². The zero-order chi connectivity index (χ0) is 24.5. The Morgan fingerprint density at radius 2 is 1.47 bits per heavy atom. The molecule has 0 N–H and O–H groups in total. The lowest BCUT2D eigenvalue weighted by Crippen LogP contribution is -2.50. The molecule has 0 aromatic heterocycles. The fourth-order valence-electron chi connectivity index (χ4n) is 4.31. The molecular weight excluding hydrogens is 434 g/mol. The van der Waals surface area contributed by atoms with Crippen LogP contribution in [0.4, 0.5) is 0 Å². The van der Waals surface area contributed by atoms with Crippen molar-refractivity contribution in [3.63, 3.8) is 0 Å². The molecule has 0 saturated carbocycles. The van der Waals surface area contributed by atoms with Crippen LogP contribution in [0.2, 0.25) is 0 Å². The SMILES string of the molecule is CCOc1cc(C(=O)N2CCN(C(=O)CCC(C)C)CC2)ccc1OCC(=O)N1CCCCC1. The third-order valence-corrected chi connectivity index (χ3v) is 6.41. The molecule has 2 heterocycles. The standard InChI is InChI=1S/C26H39N3O5/c1-4-33-23-18-21(9-10-22(23)34-19-25(31)27-12-6-5-7-13-27)26(32)29-16-14-28(15-17-29)24(30)11-8-20(2)3/h9-10,18,20H,4-8,11-17,19H2,1-3H3. The first-order chi connectivity index (χ1) is 16.4. The number of likely N-dealkylation sites (tertiary alicyclic amines) is 1. The van der Waals surface area contributed by atoms with Crippen LogP contribution in [0.15, 0.2) is 18.2 Å². The van der Waals surface area contributed by atoms with Crippen molar-refractivity contribution in [1.29, 1.82) is 0 Å². The van der Waals surface area contributed by atoms with E-state index >= 15 is 0 Å². The first-order valence-corrected chi connectivity index (χ1v) is 12.6. The molecule has 188 valence electrons. The molecule has 34 heavy (non-hydrogen) atoms. The Balaban J connectivity index is 1.57. The van der Waals surface area contributed by atoms with E-state index in [2.05, 4.69) is 13.8 Å². The molecule has 2 saturated heterocycles. The summed E-state index contributed by atoms with van der Waals surface area (Å²) in [4.78, 5) is 43.4. The molecule has 0 atom stereocenters. The fraction of sp³-hybridized carbons (Fsp3) is 0.654. The summed E-state index contributed by atoms with van der Waals surface area (Å²) in [7, 11) is 0. The van der Waals surface area contributed by atoms with Crippen molar-refractivity contribution >= 4 is 17.7 Å². The summed E-state index contributed by atoms with van der Waals surface area (Å²) in [6, 6.07) is 5.10. The number of amides is 3. The maximum atomic E-state index is 13.1. The lowest BCUT2D eigenvalue weighted by Gasteiger charge is -2.35. The number of hydrogen-bond donors (Lipinski definition) is 0. The van der Waals surface area contributed by atoms with Crippen LogP contribution in [0.5, 0.6) is 11.5 Å². The first kappa shape index (κ1) is 25.8. The molecule has 1 aromatic rings. The van der Waals surface area contributed by atoms with Crippen LogP contribution in [0.1, 0.15) is 63.2 Å². The smallest absolute Gasteiger partial charge is 0.260 e. The second kappa shape index (κ2) is 12.6. The monoisotopic (exact) mass is 473 g/mol. The second-order valence-corrected chi connectivity index (χ2v) is 9.43.